The molecule has 0 unspecified atom stereocenters. The maximum Gasteiger partial charge on any atom is 0.212 e. The van der Waals surface area contributed by atoms with Crippen LogP contribution < -0.4 is 10.1 Å². The first-order valence-corrected chi connectivity index (χ1v) is 8.00. The Kier molecular flexibility index (Phi) is 3.92. The predicted molar refractivity (Wildman–Crippen MR) is 94.8 cm³/mol. The molecule has 0 radical (unpaired) electrons. The van der Waals surface area contributed by atoms with Crippen LogP contribution in [0.25, 0.3) is 27.6 Å². The summed E-state index contributed by atoms with van der Waals surface area (Å²) in [5.41, 5.74) is 5.43. The SMILES string of the molecule is COc1ccc(-c2ccc3ncnc(C4=CCNCC4)c3c2)cn1. The predicted octanol–water partition coefficient (Wildman–Crippen LogP) is 3.08. The lowest BCUT2D eigenvalue weighted by atomic mass is 9.98. The van der Waals surface area contributed by atoms with Gasteiger partial charge in [-0.05, 0) is 42.3 Å². The van der Waals surface area contributed by atoms with Crippen LogP contribution in [0.4, 0.5) is 0 Å². The molecule has 0 bridgehead atoms. The van der Waals surface area contributed by atoms with E-state index in [0.29, 0.717) is 5.88 Å². The second-order valence-corrected chi connectivity index (χ2v) is 5.73. The smallest absolute Gasteiger partial charge is 0.212 e. The summed E-state index contributed by atoms with van der Waals surface area (Å²) in [5.74, 6) is 0.614. The molecule has 0 amide bonds. The van der Waals surface area contributed by atoms with Crippen LogP contribution in [0, 0.1) is 0 Å². The average Bonchev–Trinajstić information content (AvgIpc) is 2.68. The number of pyridine rings is 1. The number of ether oxygens (including phenoxy) is 1. The van der Waals surface area contributed by atoms with Crippen molar-refractivity contribution in [2.24, 2.45) is 0 Å². The third-order valence-electron chi connectivity index (χ3n) is 4.28. The van der Waals surface area contributed by atoms with Crippen molar-refractivity contribution < 1.29 is 4.74 Å². The zero-order valence-electron chi connectivity index (χ0n) is 13.5. The lowest BCUT2D eigenvalue weighted by Gasteiger charge is -2.15. The van der Waals surface area contributed by atoms with Gasteiger partial charge in [0.25, 0.3) is 0 Å². The van der Waals surface area contributed by atoms with Crippen molar-refractivity contribution in [3.8, 4) is 17.0 Å². The number of nitrogens with one attached hydrogen (secondary N) is 1. The summed E-state index contributed by atoms with van der Waals surface area (Å²) in [4.78, 5) is 13.3. The molecule has 3 aromatic rings. The van der Waals surface area contributed by atoms with Crippen molar-refractivity contribution in [2.75, 3.05) is 20.2 Å². The lowest BCUT2D eigenvalue weighted by Crippen LogP contribution is -2.20. The molecule has 1 aliphatic heterocycles. The Labute approximate surface area is 140 Å². The van der Waals surface area contributed by atoms with Crippen LogP contribution in [0.1, 0.15) is 12.1 Å². The molecule has 3 heterocycles. The van der Waals surface area contributed by atoms with Crippen LogP contribution in [0.3, 0.4) is 0 Å². The van der Waals surface area contributed by atoms with E-state index in [1.54, 1.807) is 13.4 Å². The van der Waals surface area contributed by atoms with Crippen LogP contribution in [0.15, 0.2) is 48.9 Å². The zero-order valence-corrected chi connectivity index (χ0v) is 13.5. The highest BCUT2D eigenvalue weighted by molar-refractivity contribution is 5.92. The van der Waals surface area contributed by atoms with E-state index < -0.39 is 0 Å². The Morgan fingerprint density at radius 3 is 2.71 bits per heavy atom. The number of aromatic nitrogens is 3. The molecule has 0 fully saturated rings. The van der Waals surface area contributed by atoms with Crippen molar-refractivity contribution in [3.05, 3.63) is 54.6 Å². The fraction of sp³-hybridized carbons (Fsp3) is 0.211. The summed E-state index contributed by atoms with van der Waals surface area (Å²) >= 11 is 0. The average molecular weight is 318 g/mol. The fourth-order valence-corrected chi connectivity index (χ4v) is 3.00. The first-order valence-electron chi connectivity index (χ1n) is 8.00. The fourth-order valence-electron chi connectivity index (χ4n) is 3.00. The molecule has 0 spiro atoms. The number of hydrogen-bond acceptors (Lipinski definition) is 5. The highest BCUT2D eigenvalue weighted by Gasteiger charge is 2.12. The van der Waals surface area contributed by atoms with Crippen molar-refractivity contribution in [3.63, 3.8) is 0 Å². The van der Waals surface area contributed by atoms with Crippen LogP contribution in [-0.4, -0.2) is 35.2 Å². The Bertz CT molecular complexity index is 903. The monoisotopic (exact) mass is 318 g/mol. The van der Waals surface area contributed by atoms with E-state index in [4.69, 9.17) is 4.74 Å². The molecular formula is C19H18N4O. The van der Waals surface area contributed by atoms with Gasteiger partial charge in [-0.15, -0.1) is 0 Å². The molecule has 24 heavy (non-hydrogen) atoms. The first-order chi connectivity index (χ1) is 11.8. The van der Waals surface area contributed by atoms with Crippen molar-refractivity contribution in [2.45, 2.75) is 6.42 Å². The van der Waals surface area contributed by atoms with Gasteiger partial charge in [0, 0.05) is 29.8 Å². The van der Waals surface area contributed by atoms with E-state index >= 15 is 0 Å². The summed E-state index contributed by atoms with van der Waals surface area (Å²) < 4.78 is 5.13. The first kappa shape index (κ1) is 14.8. The number of fused-ring (bicyclic) bond motifs is 1. The van der Waals surface area contributed by atoms with Crippen LogP contribution >= 0.6 is 0 Å². The minimum atomic E-state index is 0.614. The van der Waals surface area contributed by atoms with Crippen LogP contribution in [0.5, 0.6) is 5.88 Å². The molecule has 0 aliphatic carbocycles. The third-order valence-corrected chi connectivity index (χ3v) is 4.28. The van der Waals surface area contributed by atoms with Gasteiger partial charge in [-0.3, -0.25) is 0 Å². The van der Waals surface area contributed by atoms with E-state index in [-0.39, 0.29) is 0 Å². The molecule has 2 aromatic heterocycles. The summed E-state index contributed by atoms with van der Waals surface area (Å²) in [6, 6.07) is 10.1. The maximum atomic E-state index is 5.13. The van der Waals surface area contributed by atoms with Gasteiger partial charge in [-0.1, -0.05) is 12.1 Å². The number of methoxy groups -OCH3 is 1. The van der Waals surface area contributed by atoms with E-state index in [0.717, 1.165) is 47.2 Å². The standard InChI is InChI=1S/C19H18N4O/c1-24-18-5-3-15(11-21-18)14-2-4-17-16(10-14)19(23-12-22-17)13-6-8-20-9-7-13/h2-6,10-12,20H,7-9H2,1H3. The Balaban J connectivity index is 1.82. The van der Waals surface area contributed by atoms with Gasteiger partial charge in [0.15, 0.2) is 0 Å². The number of nitrogens with zero attached hydrogens (tertiary/aromatic N) is 3. The minimum Gasteiger partial charge on any atom is -0.481 e. The van der Waals surface area contributed by atoms with E-state index in [9.17, 15) is 0 Å². The van der Waals surface area contributed by atoms with Crippen LogP contribution in [-0.2, 0) is 0 Å². The number of rotatable bonds is 3. The van der Waals surface area contributed by atoms with Crippen molar-refractivity contribution >= 4 is 16.5 Å². The molecule has 5 heteroatoms. The van der Waals surface area contributed by atoms with Gasteiger partial charge in [-0.25, -0.2) is 15.0 Å². The topological polar surface area (TPSA) is 59.9 Å². The Hall–Kier alpha value is -2.79. The molecule has 0 saturated carbocycles. The van der Waals surface area contributed by atoms with E-state index in [2.05, 4.69) is 38.5 Å². The van der Waals surface area contributed by atoms with Gasteiger partial charge < -0.3 is 10.1 Å². The van der Waals surface area contributed by atoms with Gasteiger partial charge in [-0.2, -0.15) is 0 Å². The van der Waals surface area contributed by atoms with Gasteiger partial charge >= 0.3 is 0 Å². The second kappa shape index (κ2) is 6.37. The molecular weight excluding hydrogens is 300 g/mol. The molecule has 0 saturated heterocycles. The largest absolute Gasteiger partial charge is 0.481 e. The molecule has 1 aliphatic rings. The van der Waals surface area contributed by atoms with Gasteiger partial charge in [0.05, 0.1) is 18.3 Å². The van der Waals surface area contributed by atoms with Gasteiger partial charge in [0.1, 0.15) is 6.33 Å². The quantitative estimate of drug-likeness (QED) is 0.804. The molecule has 5 nitrogen and oxygen atoms in total. The molecule has 4 rings (SSSR count). The third kappa shape index (κ3) is 2.74. The minimum absolute atomic E-state index is 0.614. The summed E-state index contributed by atoms with van der Waals surface area (Å²) in [7, 11) is 1.62. The van der Waals surface area contributed by atoms with Crippen molar-refractivity contribution in [1.82, 2.24) is 20.3 Å². The molecule has 1 N–H and O–H groups in total. The van der Waals surface area contributed by atoms with Gasteiger partial charge in [0.2, 0.25) is 5.88 Å². The Morgan fingerprint density at radius 2 is 1.96 bits per heavy atom. The van der Waals surface area contributed by atoms with Crippen LogP contribution in [0.2, 0.25) is 0 Å². The highest BCUT2D eigenvalue weighted by Crippen LogP contribution is 2.29. The normalized spacial score (nSPS) is 14.5. The maximum absolute atomic E-state index is 5.13. The Morgan fingerprint density at radius 1 is 1.04 bits per heavy atom. The zero-order chi connectivity index (χ0) is 16.4. The molecule has 120 valence electrons. The van der Waals surface area contributed by atoms with E-state index in [1.165, 1.54) is 5.57 Å². The number of benzene rings is 1. The second-order valence-electron chi connectivity index (χ2n) is 5.73. The summed E-state index contributed by atoms with van der Waals surface area (Å²) in [6.45, 7) is 1.88. The molecule has 1 aromatic carbocycles. The molecule has 0 atom stereocenters. The van der Waals surface area contributed by atoms with E-state index in [1.807, 2.05) is 24.4 Å². The van der Waals surface area contributed by atoms with Crippen molar-refractivity contribution in [1.29, 1.82) is 0 Å². The number of hydrogen-bond donors (Lipinski definition) is 1. The summed E-state index contributed by atoms with van der Waals surface area (Å²) in [6.07, 6.45) is 6.68. The highest BCUT2D eigenvalue weighted by atomic mass is 16.5. The lowest BCUT2D eigenvalue weighted by molar-refractivity contribution is 0.398. The summed E-state index contributed by atoms with van der Waals surface area (Å²) in [5, 5.41) is 4.42.